The predicted molar refractivity (Wildman–Crippen MR) is 67.5 cm³/mol. The van der Waals surface area contributed by atoms with Crippen LogP contribution in [-0.2, 0) is 4.79 Å². The molecule has 18 heavy (non-hydrogen) atoms. The second kappa shape index (κ2) is 5.44. The molecule has 0 fully saturated rings. The summed E-state index contributed by atoms with van der Waals surface area (Å²) in [4.78, 5) is 11.8. The Bertz CT molecular complexity index is 427. The molecular formula is C13H18F2N2O. The lowest BCUT2D eigenvalue weighted by Crippen LogP contribution is -2.45. The largest absolute Gasteiger partial charge is 0.325 e. The van der Waals surface area contributed by atoms with Gasteiger partial charge in [0.05, 0.1) is 6.04 Å². The Morgan fingerprint density at radius 3 is 2.44 bits per heavy atom. The van der Waals surface area contributed by atoms with Crippen molar-refractivity contribution in [3.63, 3.8) is 0 Å². The summed E-state index contributed by atoms with van der Waals surface area (Å²) in [5.74, 6) is -0.381. The molecule has 0 aliphatic rings. The van der Waals surface area contributed by atoms with Crippen molar-refractivity contribution in [3.05, 3.63) is 29.8 Å². The Balaban J connectivity index is 2.79. The van der Waals surface area contributed by atoms with Crippen LogP contribution in [0.4, 0.5) is 14.5 Å². The number of halogens is 2. The number of anilines is 1. The van der Waals surface area contributed by atoms with Crippen molar-refractivity contribution < 1.29 is 13.6 Å². The Kier molecular flexibility index (Phi) is 4.40. The van der Waals surface area contributed by atoms with Crippen LogP contribution in [0.2, 0.25) is 0 Å². The van der Waals surface area contributed by atoms with Gasteiger partial charge in [0.25, 0.3) is 6.43 Å². The number of amides is 1. The van der Waals surface area contributed by atoms with Gasteiger partial charge in [0.1, 0.15) is 0 Å². The molecule has 3 nitrogen and oxygen atoms in total. The topological polar surface area (TPSA) is 55.1 Å². The zero-order chi connectivity index (χ0) is 13.9. The van der Waals surface area contributed by atoms with Crippen LogP contribution in [0.5, 0.6) is 0 Å². The molecule has 0 bridgehead atoms. The van der Waals surface area contributed by atoms with Gasteiger partial charge in [-0.3, -0.25) is 4.79 Å². The van der Waals surface area contributed by atoms with Crippen LogP contribution in [-0.4, -0.2) is 11.9 Å². The molecule has 0 unspecified atom stereocenters. The fraction of sp³-hybridized carbons (Fsp3) is 0.462. The van der Waals surface area contributed by atoms with Gasteiger partial charge in [0.15, 0.2) is 0 Å². The first-order valence-corrected chi connectivity index (χ1v) is 5.66. The van der Waals surface area contributed by atoms with Gasteiger partial charge in [0, 0.05) is 11.3 Å². The van der Waals surface area contributed by atoms with E-state index in [9.17, 15) is 13.6 Å². The smallest absolute Gasteiger partial charge is 0.263 e. The minimum absolute atomic E-state index is 0.128. The summed E-state index contributed by atoms with van der Waals surface area (Å²) in [5, 5.41) is 2.55. The van der Waals surface area contributed by atoms with Gasteiger partial charge in [-0.1, -0.05) is 32.9 Å². The average Bonchev–Trinajstić information content (AvgIpc) is 2.27. The van der Waals surface area contributed by atoms with Crippen molar-refractivity contribution in [2.75, 3.05) is 5.32 Å². The minimum atomic E-state index is -2.56. The molecule has 0 saturated carbocycles. The van der Waals surface area contributed by atoms with E-state index in [1.165, 1.54) is 18.2 Å². The molecule has 1 atom stereocenters. The second-order valence-corrected chi connectivity index (χ2v) is 5.26. The number of hydrogen-bond acceptors (Lipinski definition) is 2. The van der Waals surface area contributed by atoms with E-state index < -0.39 is 12.5 Å². The summed E-state index contributed by atoms with van der Waals surface area (Å²) >= 11 is 0. The van der Waals surface area contributed by atoms with E-state index in [-0.39, 0.29) is 16.9 Å². The molecule has 0 saturated heterocycles. The number of rotatable bonds is 3. The van der Waals surface area contributed by atoms with E-state index in [1.807, 2.05) is 20.8 Å². The van der Waals surface area contributed by atoms with Crippen LogP contribution in [0, 0.1) is 5.41 Å². The van der Waals surface area contributed by atoms with Gasteiger partial charge in [-0.05, 0) is 17.5 Å². The predicted octanol–water partition coefficient (Wildman–Crippen LogP) is 2.94. The maximum atomic E-state index is 12.5. The van der Waals surface area contributed by atoms with E-state index in [4.69, 9.17) is 5.73 Å². The second-order valence-electron chi connectivity index (χ2n) is 5.26. The van der Waals surface area contributed by atoms with Crippen LogP contribution < -0.4 is 11.1 Å². The molecular weight excluding hydrogens is 238 g/mol. The fourth-order valence-corrected chi connectivity index (χ4v) is 1.37. The van der Waals surface area contributed by atoms with Crippen LogP contribution in [0.15, 0.2) is 24.3 Å². The summed E-state index contributed by atoms with van der Waals surface area (Å²) in [6.45, 7) is 5.52. The van der Waals surface area contributed by atoms with E-state index in [0.717, 1.165) is 0 Å². The molecule has 1 amide bonds. The maximum Gasteiger partial charge on any atom is 0.263 e. The van der Waals surface area contributed by atoms with Crippen molar-refractivity contribution in [3.8, 4) is 0 Å². The normalized spacial score (nSPS) is 13.5. The molecule has 1 aromatic rings. The Hall–Kier alpha value is -1.49. The molecule has 100 valence electrons. The number of alkyl halides is 2. The lowest BCUT2D eigenvalue weighted by Gasteiger charge is -2.25. The number of benzene rings is 1. The molecule has 0 spiro atoms. The van der Waals surface area contributed by atoms with Crippen LogP contribution in [0.25, 0.3) is 0 Å². The number of hydrogen-bond donors (Lipinski definition) is 2. The van der Waals surface area contributed by atoms with Crippen molar-refractivity contribution in [1.82, 2.24) is 0 Å². The lowest BCUT2D eigenvalue weighted by atomic mass is 9.87. The van der Waals surface area contributed by atoms with Crippen molar-refractivity contribution in [1.29, 1.82) is 0 Å². The monoisotopic (exact) mass is 256 g/mol. The number of carbonyl (C=O) groups excluding carboxylic acids is 1. The molecule has 5 heteroatoms. The third-order valence-corrected chi connectivity index (χ3v) is 2.62. The van der Waals surface area contributed by atoms with Gasteiger partial charge in [-0.25, -0.2) is 8.78 Å². The van der Waals surface area contributed by atoms with Crippen molar-refractivity contribution in [2.24, 2.45) is 11.1 Å². The summed E-state index contributed by atoms with van der Waals surface area (Å²) in [6.07, 6.45) is -2.56. The van der Waals surface area contributed by atoms with Gasteiger partial charge < -0.3 is 11.1 Å². The molecule has 1 aromatic carbocycles. The number of nitrogens with one attached hydrogen (secondary N) is 1. The standard InChI is InChI=1S/C13H18F2N2O/c1-13(2,3)10(16)12(18)17-9-6-4-5-8(7-9)11(14)15/h4-7,10-11H,16H2,1-3H3,(H,17,18)/t10-/m1/s1. The Morgan fingerprint density at radius 2 is 1.94 bits per heavy atom. The Morgan fingerprint density at radius 1 is 1.33 bits per heavy atom. The van der Waals surface area contributed by atoms with E-state index in [2.05, 4.69) is 5.32 Å². The van der Waals surface area contributed by atoms with Gasteiger partial charge in [-0.2, -0.15) is 0 Å². The van der Waals surface area contributed by atoms with E-state index in [0.29, 0.717) is 5.69 Å². The van der Waals surface area contributed by atoms with E-state index in [1.54, 1.807) is 6.07 Å². The van der Waals surface area contributed by atoms with Crippen LogP contribution >= 0.6 is 0 Å². The van der Waals surface area contributed by atoms with Crippen molar-refractivity contribution in [2.45, 2.75) is 33.2 Å². The summed E-state index contributed by atoms with van der Waals surface area (Å²) < 4.78 is 25.0. The van der Waals surface area contributed by atoms with Crippen molar-refractivity contribution >= 4 is 11.6 Å². The SMILES string of the molecule is CC(C)(C)[C@H](N)C(=O)Nc1cccc(C(F)F)c1. The number of nitrogens with two attached hydrogens (primary N) is 1. The maximum absolute atomic E-state index is 12.5. The highest BCUT2D eigenvalue weighted by Crippen LogP contribution is 2.23. The first kappa shape index (κ1) is 14.6. The first-order valence-electron chi connectivity index (χ1n) is 5.66. The summed E-state index contributed by atoms with van der Waals surface area (Å²) in [7, 11) is 0. The van der Waals surface area contributed by atoms with Gasteiger partial charge in [-0.15, -0.1) is 0 Å². The Labute approximate surface area is 105 Å². The lowest BCUT2D eigenvalue weighted by molar-refractivity contribution is -0.119. The fourth-order valence-electron chi connectivity index (χ4n) is 1.37. The third kappa shape index (κ3) is 3.77. The van der Waals surface area contributed by atoms with Crippen LogP contribution in [0.3, 0.4) is 0 Å². The van der Waals surface area contributed by atoms with Gasteiger partial charge >= 0.3 is 0 Å². The molecule has 3 N–H and O–H groups in total. The molecule has 1 rings (SSSR count). The highest BCUT2D eigenvalue weighted by molar-refractivity contribution is 5.95. The van der Waals surface area contributed by atoms with Gasteiger partial charge in [0.2, 0.25) is 5.91 Å². The molecule has 0 aliphatic carbocycles. The average molecular weight is 256 g/mol. The molecule has 0 aromatic heterocycles. The summed E-state index contributed by atoms with van der Waals surface area (Å²) in [6, 6.07) is 4.88. The first-order chi connectivity index (χ1) is 8.21. The highest BCUT2D eigenvalue weighted by Gasteiger charge is 2.27. The third-order valence-electron chi connectivity index (χ3n) is 2.62. The zero-order valence-electron chi connectivity index (χ0n) is 10.7. The van der Waals surface area contributed by atoms with E-state index >= 15 is 0 Å². The number of carbonyl (C=O) groups is 1. The molecule has 0 heterocycles. The van der Waals surface area contributed by atoms with Crippen LogP contribution in [0.1, 0.15) is 32.8 Å². The quantitative estimate of drug-likeness (QED) is 0.873. The molecule has 0 aliphatic heterocycles. The zero-order valence-corrected chi connectivity index (χ0v) is 10.7. The summed E-state index contributed by atoms with van der Waals surface area (Å²) in [5.41, 5.74) is 5.60. The molecule has 0 radical (unpaired) electrons. The highest BCUT2D eigenvalue weighted by atomic mass is 19.3. The minimum Gasteiger partial charge on any atom is -0.325 e.